The van der Waals surface area contributed by atoms with Crippen molar-refractivity contribution in [2.24, 2.45) is 5.73 Å². The van der Waals surface area contributed by atoms with Crippen molar-refractivity contribution >= 4 is 11.6 Å². The van der Waals surface area contributed by atoms with E-state index in [0.717, 1.165) is 31.9 Å². The lowest BCUT2D eigenvalue weighted by molar-refractivity contribution is -0.119. The second-order valence-electron chi connectivity index (χ2n) is 4.60. The number of halogens is 2. The van der Waals surface area contributed by atoms with E-state index in [1.54, 1.807) is 12.1 Å². The highest BCUT2D eigenvalue weighted by molar-refractivity contribution is 5.75. The van der Waals surface area contributed by atoms with Crippen LogP contribution in [0.3, 0.4) is 0 Å². The van der Waals surface area contributed by atoms with Crippen LogP contribution in [0.1, 0.15) is 13.8 Å². The number of nitrogens with zero attached hydrogens (tertiary/aromatic N) is 2. The molecule has 5 nitrogen and oxygen atoms in total. The van der Waals surface area contributed by atoms with E-state index in [-0.39, 0.29) is 18.2 Å². The molecule has 1 fully saturated rings. The summed E-state index contributed by atoms with van der Waals surface area (Å²) in [7, 11) is 0. The van der Waals surface area contributed by atoms with E-state index in [0.29, 0.717) is 0 Å². The number of primary amides is 1. The minimum atomic E-state index is -2.81. The van der Waals surface area contributed by atoms with Crippen LogP contribution in [0.2, 0.25) is 0 Å². The summed E-state index contributed by atoms with van der Waals surface area (Å²) in [6.45, 7) is 4.49. The normalized spacial score (nSPS) is 15.2. The number of alkyl halides is 2. The molecule has 1 amide bonds. The van der Waals surface area contributed by atoms with E-state index in [1.165, 1.54) is 12.1 Å². The number of rotatable bonds is 5. The molecular formula is C15H23F2N3O2. The van der Waals surface area contributed by atoms with E-state index in [4.69, 9.17) is 5.73 Å². The summed E-state index contributed by atoms with van der Waals surface area (Å²) < 4.78 is 28.4. The molecule has 1 aromatic carbocycles. The SMILES string of the molecule is CC.NC(=O)CN1CCN(c2ccc(OC(F)F)cc2)CC1. The van der Waals surface area contributed by atoms with Gasteiger partial charge in [0.25, 0.3) is 0 Å². The number of piperazine rings is 1. The molecule has 7 heteroatoms. The number of amides is 1. The fraction of sp³-hybridized carbons (Fsp3) is 0.533. The predicted molar refractivity (Wildman–Crippen MR) is 82.3 cm³/mol. The maximum atomic E-state index is 12.0. The zero-order valence-corrected chi connectivity index (χ0v) is 13.0. The highest BCUT2D eigenvalue weighted by atomic mass is 19.3. The molecular weight excluding hydrogens is 292 g/mol. The minimum absolute atomic E-state index is 0.149. The number of carbonyl (C=O) groups excluding carboxylic acids is 1. The molecule has 2 rings (SSSR count). The lowest BCUT2D eigenvalue weighted by atomic mass is 10.2. The van der Waals surface area contributed by atoms with Gasteiger partial charge in [-0.25, -0.2) is 0 Å². The van der Waals surface area contributed by atoms with E-state index >= 15 is 0 Å². The van der Waals surface area contributed by atoms with Crippen molar-refractivity contribution in [3.8, 4) is 5.75 Å². The summed E-state index contributed by atoms with van der Waals surface area (Å²) >= 11 is 0. The first-order valence-corrected chi connectivity index (χ1v) is 7.35. The number of anilines is 1. The summed E-state index contributed by atoms with van der Waals surface area (Å²) in [5.41, 5.74) is 6.11. The van der Waals surface area contributed by atoms with Crippen molar-refractivity contribution in [1.29, 1.82) is 0 Å². The smallest absolute Gasteiger partial charge is 0.387 e. The van der Waals surface area contributed by atoms with Crippen molar-refractivity contribution in [3.05, 3.63) is 24.3 Å². The molecule has 0 atom stereocenters. The first kappa shape index (κ1) is 18.2. The zero-order valence-electron chi connectivity index (χ0n) is 13.0. The minimum Gasteiger partial charge on any atom is -0.435 e. The Hall–Kier alpha value is -1.89. The van der Waals surface area contributed by atoms with Crippen LogP contribution < -0.4 is 15.4 Å². The Balaban J connectivity index is 0.00000116. The Bertz CT molecular complexity index is 447. The van der Waals surface area contributed by atoms with E-state index in [2.05, 4.69) is 9.64 Å². The highest BCUT2D eigenvalue weighted by Gasteiger charge is 2.18. The van der Waals surface area contributed by atoms with E-state index in [1.807, 2.05) is 18.7 Å². The van der Waals surface area contributed by atoms with Gasteiger partial charge in [0, 0.05) is 31.9 Å². The lowest BCUT2D eigenvalue weighted by Gasteiger charge is -2.35. The van der Waals surface area contributed by atoms with Gasteiger partial charge >= 0.3 is 6.61 Å². The Morgan fingerprint density at radius 2 is 1.73 bits per heavy atom. The maximum absolute atomic E-state index is 12.0. The standard InChI is InChI=1S/C13H17F2N3O2.C2H6/c14-13(15)20-11-3-1-10(2-4-11)18-7-5-17(6-8-18)9-12(16)19;1-2/h1-4,13H,5-9H2,(H2,16,19);1-2H3. The summed E-state index contributed by atoms with van der Waals surface area (Å²) in [5, 5.41) is 0. The fourth-order valence-corrected chi connectivity index (χ4v) is 2.22. The van der Waals surface area contributed by atoms with Gasteiger partial charge in [0.15, 0.2) is 0 Å². The van der Waals surface area contributed by atoms with Crippen molar-refractivity contribution in [2.75, 3.05) is 37.6 Å². The molecule has 0 bridgehead atoms. The number of nitrogens with two attached hydrogens (primary N) is 1. The molecule has 1 aliphatic heterocycles. The number of hydrogen-bond acceptors (Lipinski definition) is 4. The van der Waals surface area contributed by atoms with Gasteiger partial charge in [0.05, 0.1) is 6.54 Å². The van der Waals surface area contributed by atoms with Gasteiger partial charge in [-0.2, -0.15) is 8.78 Å². The van der Waals surface area contributed by atoms with E-state index < -0.39 is 6.61 Å². The van der Waals surface area contributed by atoms with Crippen LogP contribution in [0, 0.1) is 0 Å². The second-order valence-corrected chi connectivity index (χ2v) is 4.60. The highest BCUT2D eigenvalue weighted by Crippen LogP contribution is 2.21. The van der Waals surface area contributed by atoms with Gasteiger partial charge < -0.3 is 15.4 Å². The van der Waals surface area contributed by atoms with Crippen molar-refractivity contribution < 1.29 is 18.3 Å². The monoisotopic (exact) mass is 315 g/mol. The topological polar surface area (TPSA) is 58.8 Å². The molecule has 0 radical (unpaired) electrons. The first-order valence-electron chi connectivity index (χ1n) is 7.35. The van der Waals surface area contributed by atoms with Crippen LogP contribution in [-0.4, -0.2) is 50.1 Å². The molecule has 0 spiro atoms. The zero-order chi connectivity index (χ0) is 16.5. The van der Waals surface area contributed by atoms with Crippen molar-refractivity contribution in [2.45, 2.75) is 20.5 Å². The third-order valence-electron chi connectivity index (χ3n) is 3.18. The molecule has 0 unspecified atom stereocenters. The third kappa shape index (κ3) is 5.85. The Kier molecular flexibility index (Phi) is 7.59. The largest absolute Gasteiger partial charge is 0.435 e. The van der Waals surface area contributed by atoms with Crippen LogP contribution >= 0.6 is 0 Å². The van der Waals surface area contributed by atoms with E-state index in [9.17, 15) is 13.6 Å². The molecule has 0 aliphatic carbocycles. The summed E-state index contributed by atoms with van der Waals surface area (Å²) in [6.07, 6.45) is 0. The lowest BCUT2D eigenvalue weighted by Crippen LogP contribution is -2.48. The summed E-state index contributed by atoms with van der Waals surface area (Å²) in [6, 6.07) is 6.55. The third-order valence-corrected chi connectivity index (χ3v) is 3.18. The first-order chi connectivity index (χ1) is 10.5. The molecule has 2 N–H and O–H groups in total. The quantitative estimate of drug-likeness (QED) is 0.902. The average Bonchev–Trinajstić information content (AvgIpc) is 2.50. The molecule has 124 valence electrons. The van der Waals surface area contributed by atoms with Gasteiger partial charge in [-0.1, -0.05) is 13.8 Å². The van der Waals surface area contributed by atoms with Gasteiger partial charge in [0.2, 0.25) is 5.91 Å². The van der Waals surface area contributed by atoms with Gasteiger partial charge in [-0.3, -0.25) is 9.69 Å². The summed E-state index contributed by atoms with van der Waals surface area (Å²) in [5.74, 6) is -0.178. The van der Waals surface area contributed by atoms with Gasteiger partial charge in [0.1, 0.15) is 5.75 Å². The van der Waals surface area contributed by atoms with Gasteiger partial charge in [-0.05, 0) is 24.3 Å². The summed E-state index contributed by atoms with van der Waals surface area (Å²) in [4.78, 5) is 15.0. The van der Waals surface area contributed by atoms with Crippen molar-refractivity contribution in [3.63, 3.8) is 0 Å². The molecule has 0 saturated carbocycles. The number of carbonyl (C=O) groups is 1. The maximum Gasteiger partial charge on any atom is 0.387 e. The van der Waals surface area contributed by atoms with Crippen LogP contribution in [0.4, 0.5) is 14.5 Å². The number of ether oxygens (including phenoxy) is 1. The second kappa shape index (κ2) is 9.19. The Morgan fingerprint density at radius 3 is 2.18 bits per heavy atom. The average molecular weight is 315 g/mol. The predicted octanol–water partition coefficient (Wildman–Crippen LogP) is 1.92. The molecule has 1 heterocycles. The number of benzene rings is 1. The van der Waals surface area contributed by atoms with Crippen LogP contribution in [0.25, 0.3) is 0 Å². The van der Waals surface area contributed by atoms with Crippen LogP contribution in [0.15, 0.2) is 24.3 Å². The van der Waals surface area contributed by atoms with Crippen molar-refractivity contribution in [1.82, 2.24) is 4.90 Å². The molecule has 22 heavy (non-hydrogen) atoms. The fourth-order valence-electron chi connectivity index (χ4n) is 2.22. The van der Waals surface area contributed by atoms with Gasteiger partial charge in [-0.15, -0.1) is 0 Å². The molecule has 0 aromatic heterocycles. The molecule has 1 aromatic rings. The Labute approximate surface area is 129 Å². The number of hydrogen-bond donors (Lipinski definition) is 1. The molecule has 1 saturated heterocycles. The van der Waals surface area contributed by atoms with Crippen LogP contribution in [0.5, 0.6) is 5.75 Å². The Morgan fingerprint density at radius 1 is 1.18 bits per heavy atom. The van der Waals surface area contributed by atoms with Crippen LogP contribution in [-0.2, 0) is 4.79 Å². The molecule has 1 aliphatic rings.